The number of carbonyl (C=O) groups excluding carboxylic acids is 1. The van der Waals surface area contributed by atoms with Crippen LogP contribution in [0, 0.1) is 72.9 Å². The molecule has 0 aromatic rings. The van der Waals surface area contributed by atoms with Crippen molar-refractivity contribution in [1.82, 2.24) is 0 Å². The Morgan fingerprint density at radius 2 is 1.34 bits per heavy atom. The van der Waals surface area contributed by atoms with Crippen molar-refractivity contribution >= 4 is 5.97 Å². The Labute approximate surface area is 252 Å². The third-order valence-electron chi connectivity index (χ3n) is 17.6. The average Bonchev–Trinajstić information content (AvgIpc) is 3.12. The van der Waals surface area contributed by atoms with Gasteiger partial charge in [0.15, 0.2) is 0 Å². The van der Waals surface area contributed by atoms with E-state index in [1.807, 2.05) is 0 Å². The summed E-state index contributed by atoms with van der Waals surface area (Å²) in [4.78, 5) is 13.5. The molecule has 0 N–H and O–H groups in total. The van der Waals surface area contributed by atoms with E-state index < -0.39 is 0 Å². The molecule has 0 amide bonds. The van der Waals surface area contributed by atoms with Gasteiger partial charge in [-0.2, -0.15) is 0 Å². The molecule has 3 nitrogen and oxygen atoms in total. The molecule has 0 unspecified atom stereocenters. The molecule has 1 aliphatic heterocycles. The molecule has 10 atom stereocenters. The van der Waals surface area contributed by atoms with Gasteiger partial charge in [0.05, 0.1) is 18.6 Å². The molecule has 0 aromatic heterocycles. The van der Waals surface area contributed by atoms with E-state index in [2.05, 4.69) is 76.2 Å². The third-order valence-corrected chi connectivity index (χ3v) is 17.6. The largest absolute Gasteiger partial charge is 0.462 e. The quantitative estimate of drug-likeness (QED) is 0.312. The summed E-state index contributed by atoms with van der Waals surface area (Å²) in [6.45, 7) is 28.0. The minimum atomic E-state index is 0.0158. The molecule has 1 heterocycles. The van der Waals surface area contributed by atoms with Crippen LogP contribution in [0.25, 0.3) is 0 Å². The zero-order valence-corrected chi connectivity index (χ0v) is 28.5. The molecule has 3 heteroatoms. The lowest BCUT2D eigenvalue weighted by Gasteiger charge is -2.73. The van der Waals surface area contributed by atoms with E-state index in [0.717, 1.165) is 30.8 Å². The van der Waals surface area contributed by atoms with Crippen LogP contribution in [-0.2, 0) is 14.3 Å². The lowest BCUT2D eigenvalue weighted by molar-refractivity contribution is -0.254. The molecule has 6 saturated carbocycles. The van der Waals surface area contributed by atoms with Gasteiger partial charge in [0.25, 0.3) is 0 Å². The van der Waals surface area contributed by atoms with Crippen LogP contribution < -0.4 is 0 Å². The number of carbonyl (C=O) groups is 1. The van der Waals surface area contributed by atoms with Crippen LogP contribution in [0.2, 0.25) is 0 Å². The standard InChI is InChI=1S/C38H62O3/c1-31(2)18-20-38-21-19-36(10)23(27(38)29(31)40-22-38)12-13-25-35(9)16-15-26(32(3,4)24(35)14-17-37(25,36)11)41-30(39)28-33(5,6)34(28,7)8/h23-29H,12-22H2,1-11H3/t23-,24+,25+,26+,27+,29+,35+,36-,37-,38-/m1/s1. The zero-order valence-electron chi connectivity index (χ0n) is 28.5. The normalized spacial score (nSPS) is 53.7. The van der Waals surface area contributed by atoms with Gasteiger partial charge < -0.3 is 9.47 Å². The first-order valence-electron chi connectivity index (χ1n) is 17.6. The summed E-state index contributed by atoms with van der Waals surface area (Å²) in [6.07, 6.45) is 13.7. The molecule has 7 rings (SSSR count). The summed E-state index contributed by atoms with van der Waals surface area (Å²) in [5, 5.41) is 0. The van der Waals surface area contributed by atoms with Crippen molar-refractivity contribution in [2.24, 2.45) is 72.9 Å². The molecule has 232 valence electrons. The maximum absolute atomic E-state index is 13.5. The zero-order chi connectivity index (χ0) is 29.8. The number of hydrogen-bond donors (Lipinski definition) is 0. The van der Waals surface area contributed by atoms with Gasteiger partial charge in [-0.1, -0.05) is 76.2 Å². The second-order valence-corrected chi connectivity index (χ2v) is 19.9. The molecule has 7 fully saturated rings. The lowest BCUT2D eigenvalue weighted by Crippen LogP contribution is -2.68. The Hall–Kier alpha value is -0.570. The van der Waals surface area contributed by atoms with E-state index in [-0.39, 0.29) is 34.2 Å². The third kappa shape index (κ3) is 3.35. The van der Waals surface area contributed by atoms with Crippen LogP contribution >= 0.6 is 0 Å². The highest BCUT2D eigenvalue weighted by Gasteiger charge is 2.73. The minimum Gasteiger partial charge on any atom is -0.462 e. The van der Waals surface area contributed by atoms with Crippen LogP contribution in [0.15, 0.2) is 0 Å². The Morgan fingerprint density at radius 3 is 2.00 bits per heavy atom. The predicted octanol–water partition coefficient (Wildman–Crippen LogP) is 9.47. The first-order valence-corrected chi connectivity index (χ1v) is 17.6. The smallest absolute Gasteiger partial charge is 0.310 e. The number of fused-ring (bicyclic) bond motifs is 5. The van der Waals surface area contributed by atoms with E-state index in [9.17, 15) is 4.79 Å². The van der Waals surface area contributed by atoms with E-state index in [1.54, 1.807) is 0 Å². The van der Waals surface area contributed by atoms with E-state index >= 15 is 0 Å². The molecule has 1 saturated heterocycles. The van der Waals surface area contributed by atoms with Crippen LogP contribution in [0.1, 0.15) is 140 Å². The van der Waals surface area contributed by atoms with Crippen molar-refractivity contribution in [3.63, 3.8) is 0 Å². The summed E-state index contributed by atoms with van der Waals surface area (Å²) in [6, 6.07) is 0. The summed E-state index contributed by atoms with van der Waals surface area (Å²) in [5.74, 6) is 3.04. The van der Waals surface area contributed by atoms with Crippen molar-refractivity contribution in [2.75, 3.05) is 6.61 Å². The van der Waals surface area contributed by atoms with Gasteiger partial charge in [0.1, 0.15) is 6.10 Å². The van der Waals surface area contributed by atoms with Crippen LogP contribution in [0.3, 0.4) is 0 Å². The van der Waals surface area contributed by atoms with E-state index in [0.29, 0.717) is 39.1 Å². The van der Waals surface area contributed by atoms with Gasteiger partial charge in [-0.3, -0.25) is 4.79 Å². The molecule has 7 aliphatic rings. The second kappa shape index (κ2) is 8.17. The number of ether oxygens (including phenoxy) is 2. The van der Waals surface area contributed by atoms with Crippen molar-refractivity contribution < 1.29 is 14.3 Å². The highest BCUT2D eigenvalue weighted by atomic mass is 16.5. The maximum atomic E-state index is 13.5. The number of rotatable bonds is 2. The Balaban J connectivity index is 1.16. The minimum absolute atomic E-state index is 0.0158. The van der Waals surface area contributed by atoms with Crippen molar-refractivity contribution in [1.29, 1.82) is 0 Å². The fraction of sp³-hybridized carbons (Fsp3) is 0.974. The maximum Gasteiger partial charge on any atom is 0.310 e. The van der Waals surface area contributed by atoms with Gasteiger partial charge in [0, 0.05) is 5.41 Å². The molecule has 6 aliphatic carbocycles. The lowest BCUT2D eigenvalue weighted by atomic mass is 9.31. The van der Waals surface area contributed by atoms with Crippen molar-refractivity contribution in [2.45, 2.75) is 153 Å². The van der Waals surface area contributed by atoms with Gasteiger partial charge in [0.2, 0.25) is 0 Å². The number of esters is 1. The fourth-order valence-corrected chi connectivity index (χ4v) is 14.2. The van der Waals surface area contributed by atoms with Crippen molar-refractivity contribution in [3.8, 4) is 0 Å². The average molecular weight is 567 g/mol. The van der Waals surface area contributed by atoms with Crippen molar-refractivity contribution in [3.05, 3.63) is 0 Å². The Kier molecular flexibility index (Phi) is 5.81. The Bertz CT molecular complexity index is 1120. The van der Waals surface area contributed by atoms with Gasteiger partial charge >= 0.3 is 5.97 Å². The van der Waals surface area contributed by atoms with Crippen LogP contribution in [-0.4, -0.2) is 24.8 Å². The molecule has 0 spiro atoms. The first kappa shape index (κ1) is 29.2. The Morgan fingerprint density at radius 1 is 0.683 bits per heavy atom. The fourth-order valence-electron chi connectivity index (χ4n) is 14.2. The highest BCUT2D eigenvalue weighted by molar-refractivity contribution is 5.79. The van der Waals surface area contributed by atoms with Gasteiger partial charge in [-0.15, -0.1) is 0 Å². The summed E-state index contributed by atoms with van der Waals surface area (Å²) in [7, 11) is 0. The summed E-state index contributed by atoms with van der Waals surface area (Å²) < 4.78 is 13.3. The molecule has 0 radical (unpaired) electrons. The predicted molar refractivity (Wildman–Crippen MR) is 165 cm³/mol. The number of hydrogen-bond acceptors (Lipinski definition) is 3. The molecule has 41 heavy (non-hydrogen) atoms. The summed E-state index contributed by atoms with van der Waals surface area (Å²) in [5.41, 5.74) is 1.96. The first-order chi connectivity index (χ1) is 18.8. The SMILES string of the molecule is CC1(C)CC[C@]23CC[C@]4(C)[C@H](CC[C@H]5[C@@]6(C)CC[C@H](OC(=O)C7C(C)(C)C7(C)C)C(C)(C)[C@@H]6CC[C@]54C)[C@H]2[C@@H]1OC3. The highest BCUT2D eigenvalue weighted by Crippen LogP contribution is 2.78. The van der Waals surface area contributed by atoms with E-state index in [4.69, 9.17) is 9.47 Å². The second-order valence-electron chi connectivity index (χ2n) is 19.9. The molecular weight excluding hydrogens is 504 g/mol. The summed E-state index contributed by atoms with van der Waals surface area (Å²) >= 11 is 0. The monoisotopic (exact) mass is 566 g/mol. The van der Waals surface area contributed by atoms with Crippen LogP contribution in [0.5, 0.6) is 0 Å². The van der Waals surface area contributed by atoms with Gasteiger partial charge in [-0.25, -0.2) is 0 Å². The molecule has 0 aromatic carbocycles. The van der Waals surface area contributed by atoms with Crippen LogP contribution in [0.4, 0.5) is 0 Å². The molecular formula is C38H62O3. The topological polar surface area (TPSA) is 35.5 Å². The molecule has 2 bridgehead atoms. The van der Waals surface area contributed by atoms with Gasteiger partial charge in [-0.05, 0) is 126 Å². The van der Waals surface area contributed by atoms with E-state index in [1.165, 1.54) is 57.8 Å².